The Morgan fingerprint density at radius 3 is 3.00 bits per heavy atom. The summed E-state index contributed by atoms with van der Waals surface area (Å²) in [5.74, 6) is 1.76. The molecule has 0 saturated heterocycles. The smallest absolute Gasteiger partial charge is 0.226 e. The highest BCUT2D eigenvalue weighted by atomic mass is 35.5. The summed E-state index contributed by atoms with van der Waals surface area (Å²) in [6.45, 7) is 2.78. The van der Waals surface area contributed by atoms with Gasteiger partial charge in [0.25, 0.3) is 0 Å². The standard InChI is InChI=1S/C13H14ClNO2/c1-2-6-16-12-5-3-4-10(7-12)13-15-11(8-14)9-17-13/h3-5,7,9H,2,6,8H2,1H3. The van der Waals surface area contributed by atoms with E-state index in [0.717, 1.165) is 23.4 Å². The molecular formula is C13H14ClNO2. The molecule has 1 heterocycles. The summed E-state index contributed by atoms with van der Waals surface area (Å²) in [7, 11) is 0. The third-order valence-electron chi connectivity index (χ3n) is 2.24. The highest BCUT2D eigenvalue weighted by Crippen LogP contribution is 2.23. The van der Waals surface area contributed by atoms with Crippen molar-refractivity contribution in [1.29, 1.82) is 0 Å². The lowest BCUT2D eigenvalue weighted by molar-refractivity contribution is 0.317. The summed E-state index contributed by atoms with van der Waals surface area (Å²) in [5, 5.41) is 0. The second-order valence-electron chi connectivity index (χ2n) is 3.65. The van der Waals surface area contributed by atoms with Crippen LogP contribution in [0.25, 0.3) is 11.5 Å². The van der Waals surface area contributed by atoms with E-state index >= 15 is 0 Å². The molecule has 0 N–H and O–H groups in total. The third-order valence-corrected chi connectivity index (χ3v) is 2.52. The molecule has 2 rings (SSSR count). The summed E-state index contributed by atoms with van der Waals surface area (Å²) in [5.41, 5.74) is 1.64. The van der Waals surface area contributed by atoms with Crippen LogP contribution in [0.15, 0.2) is 34.9 Å². The largest absolute Gasteiger partial charge is 0.494 e. The minimum atomic E-state index is 0.357. The van der Waals surface area contributed by atoms with Gasteiger partial charge in [-0.2, -0.15) is 0 Å². The molecule has 0 aliphatic heterocycles. The van der Waals surface area contributed by atoms with Crippen LogP contribution in [0.4, 0.5) is 0 Å². The Morgan fingerprint density at radius 2 is 2.29 bits per heavy atom. The maximum Gasteiger partial charge on any atom is 0.226 e. The van der Waals surface area contributed by atoms with Crippen molar-refractivity contribution in [3.8, 4) is 17.2 Å². The van der Waals surface area contributed by atoms with Gasteiger partial charge in [0, 0.05) is 5.56 Å². The second kappa shape index (κ2) is 5.73. The lowest BCUT2D eigenvalue weighted by Crippen LogP contribution is -1.94. The van der Waals surface area contributed by atoms with E-state index in [1.54, 1.807) is 6.26 Å². The van der Waals surface area contributed by atoms with Gasteiger partial charge in [0.15, 0.2) is 0 Å². The minimum Gasteiger partial charge on any atom is -0.494 e. The van der Waals surface area contributed by atoms with Crippen LogP contribution in [0.5, 0.6) is 5.75 Å². The topological polar surface area (TPSA) is 35.3 Å². The van der Waals surface area contributed by atoms with Gasteiger partial charge in [-0.25, -0.2) is 4.98 Å². The van der Waals surface area contributed by atoms with E-state index in [1.807, 2.05) is 24.3 Å². The number of nitrogens with zero attached hydrogens (tertiary/aromatic N) is 1. The van der Waals surface area contributed by atoms with Gasteiger partial charge in [-0.1, -0.05) is 13.0 Å². The fourth-order valence-corrected chi connectivity index (χ4v) is 1.56. The molecule has 0 fully saturated rings. The number of rotatable bonds is 5. The molecule has 0 unspecified atom stereocenters. The first kappa shape index (κ1) is 12.0. The molecule has 1 aromatic carbocycles. The average Bonchev–Trinajstić information content (AvgIpc) is 2.85. The molecule has 0 bridgehead atoms. The van der Waals surface area contributed by atoms with Crippen LogP contribution in [-0.4, -0.2) is 11.6 Å². The lowest BCUT2D eigenvalue weighted by atomic mass is 10.2. The first-order valence-corrected chi connectivity index (χ1v) is 6.10. The van der Waals surface area contributed by atoms with Gasteiger partial charge in [0.2, 0.25) is 5.89 Å². The average molecular weight is 252 g/mol. The Labute approximate surface area is 105 Å². The second-order valence-corrected chi connectivity index (χ2v) is 3.92. The van der Waals surface area contributed by atoms with Gasteiger partial charge >= 0.3 is 0 Å². The summed E-state index contributed by atoms with van der Waals surface area (Å²) >= 11 is 5.68. The fraction of sp³-hybridized carbons (Fsp3) is 0.308. The summed E-state index contributed by atoms with van der Waals surface area (Å²) < 4.78 is 10.9. The summed E-state index contributed by atoms with van der Waals surface area (Å²) in [6, 6.07) is 7.69. The van der Waals surface area contributed by atoms with Gasteiger partial charge in [-0.15, -0.1) is 11.6 Å². The number of benzene rings is 1. The highest BCUT2D eigenvalue weighted by Gasteiger charge is 2.06. The number of ether oxygens (including phenoxy) is 1. The van der Waals surface area contributed by atoms with Crippen LogP contribution >= 0.6 is 11.6 Å². The molecule has 0 saturated carbocycles. The zero-order valence-corrected chi connectivity index (χ0v) is 10.4. The van der Waals surface area contributed by atoms with E-state index in [9.17, 15) is 0 Å². The molecule has 17 heavy (non-hydrogen) atoms. The van der Waals surface area contributed by atoms with E-state index in [0.29, 0.717) is 18.4 Å². The minimum absolute atomic E-state index is 0.357. The Bertz CT molecular complexity index is 482. The van der Waals surface area contributed by atoms with Crippen LogP contribution in [0.2, 0.25) is 0 Å². The maximum absolute atomic E-state index is 5.68. The van der Waals surface area contributed by atoms with Crippen molar-refractivity contribution >= 4 is 11.6 Å². The summed E-state index contributed by atoms with van der Waals surface area (Å²) in [6.07, 6.45) is 2.56. The zero-order valence-electron chi connectivity index (χ0n) is 9.65. The highest BCUT2D eigenvalue weighted by molar-refractivity contribution is 6.16. The van der Waals surface area contributed by atoms with Crippen LogP contribution in [0, 0.1) is 0 Å². The van der Waals surface area contributed by atoms with Crippen molar-refractivity contribution in [2.75, 3.05) is 6.61 Å². The molecule has 1 aromatic heterocycles. The van der Waals surface area contributed by atoms with E-state index in [1.165, 1.54) is 0 Å². The number of alkyl halides is 1. The van der Waals surface area contributed by atoms with Crippen molar-refractivity contribution in [3.05, 3.63) is 36.2 Å². The lowest BCUT2D eigenvalue weighted by Gasteiger charge is -2.04. The molecule has 4 heteroatoms. The van der Waals surface area contributed by atoms with Crippen LogP contribution in [0.3, 0.4) is 0 Å². The van der Waals surface area contributed by atoms with Crippen LogP contribution in [-0.2, 0) is 5.88 Å². The molecular weight excluding hydrogens is 238 g/mol. The maximum atomic E-state index is 5.68. The Morgan fingerprint density at radius 1 is 1.41 bits per heavy atom. The van der Waals surface area contributed by atoms with Gasteiger partial charge in [0.05, 0.1) is 18.2 Å². The van der Waals surface area contributed by atoms with Crippen molar-refractivity contribution in [2.45, 2.75) is 19.2 Å². The third kappa shape index (κ3) is 3.01. The quantitative estimate of drug-likeness (QED) is 0.757. The monoisotopic (exact) mass is 251 g/mol. The summed E-state index contributed by atoms with van der Waals surface area (Å²) in [4.78, 5) is 4.27. The van der Waals surface area contributed by atoms with Crippen molar-refractivity contribution < 1.29 is 9.15 Å². The van der Waals surface area contributed by atoms with Gasteiger partial charge < -0.3 is 9.15 Å². The van der Waals surface area contributed by atoms with Gasteiger partial charge in [-0.3, -0.25) is 0 Å². The van der Waals surface area contributed by atoms with E-state index < -0.39 is 0 Å². The van der Waals surface area contributed by atoms with E-state index in [2.05, 4.69) is 11.9 Å². The van der Waals surface area contributed by atoms with Crippen molar-refractivity contribution in [1.82, 2.24) is 4.98 Å². The van der Waals surface area contributed by atoms with E-state index in [-0.39, 0.29) is 0 Å². The molecule has 0 aliphatic rings. The Hall–Kier alpha value is -1.48. The van der Waals surface area contributed by atoms with Crippen LogP contribution in [0.1, 0.15) is 19.0 Å². The Kier molecular flexibility index (Phi) is 4.04. The number of halogens is 1. The number of hydrogen-bond donors (Lipinski definition) is 0. The fourth-order valence-electron chi connectivity index (χ4n) is 1.44. The molecule has 0 amide bonds. The zero-order chi connectivity index (χ0) is 12.1. The van der Waals surface area contributed by atoms with Crippen molar-refractivity contribution in [3.63, 3.8) is 0 Å². The molecule has 0 atom stereocenters. The normalized spacial score (nSPS) is 10.5. The molecule has 0 radical (unpaired) electrons. The first-order valence-electron chi connectivity index (χ1n) is 5.57. The SMILES string of the molecule is CCCOc1cccc(-c2nc(CCl)co2)c1. The Balaban J connectivity index is 2.20. The number of hydrogen-bond acceptors (Lipinski definition) is 3. The molecule has 90 valence electrons. The predicted molar refractivity (Wildman–Crippen MR) is 67.3 cm³/mol. The molecule has 3 nitrogen and oxygen atoms in total. The molecule has 2 aromatic rings. The first-order chi connectivity index (χ1) is 8.33. The molecule has 0 aliphatic carbocycles. The van der Waals surface area contributed by atoms with Gasteiger partial charge in [0.1, 0.15) is 12.0 Å². The molecule has 0 spiro atoms. The van der Waals surface area contributed by atoms with Crippen molar-refractivity contribution in [2.24, 2.45) is 0 Å². The van der Waals surface area contributed by atoms with E-state index in [4.69, 9.17) is 20.8 Å². The predicted octanol–water partition coefficient (Wildman–Crippen LogP) is 3.87. The van der Waals surface area contributed by atoms with Gasteiger partial charge in [-0.05, 0) is 24.6 Å². The number of oxazole rings is 1. The van der Waals surface area contributed by atoms with Crippen LogP contribution < -0.4 is 4.74 Å². The number of aromatic nitrogens is 1.